The van der Waals surface area contributed by atoms with E-state index in [1.807, 2.05) is 6.07 Å². The van der Waals surface area contributed by atoms with Crippen molar-refractivity contribution in [1.29, 1.82) is 0 Å². The van der Waals surface area contributed by atoms with Gasteiger partial charge in [0.25, 0.3) is 0 Å². The number of aromatic hydroxyl groups is 1. The molecular weight excluding hydrogens is 424 g/mol. The molecule has 0 aliphatic carbocycles. The maximum absolute atomic E-state index is 12.7. The van der Waals surface area contributed by atoms with Gasteiger partial charge >= 0.3 is 0 Å². The molecule has 0 bridgehead atoms. The third kappa shape index (κ3) is 3.78. The highest BCUT2D eigenvalue weighted by molar-refractivity contribution is 5.89. The van der Waals surface area contributed by atoms with Crippen molar-refractivity contribution < 1.29 is 44.2 Å². The first-order valence-electron chi connectivity index (χ1n) is 9.76. The van der Waals surface area contributed by atoms with Crippen LogP contribution < -0.4 is 14.9 Å². The van der Waals surface area contributed by atoms with Gasteiger partial charge in [0.05, 0.1) is 13.7 Å². The number of ether oxygens (including phenoxy) is 3. The molecule has 10 heteroatoms. The highest BCUT2D eigenvalue weighted by Gasteiger charge is 2.45. The van der Waals surface area contributed by atoms with Gasteiger partial charge in [0, 0.05) is 17.7 Å². The van der Waals surface area contributed by atoms with Crippen LogP contribution in [0.4, 0.5) is 0 Å². The first-order chi connectivity index (χ1) is 15.3. The van der Waals surface area contributed by atoms with Gasteiger partial charge in [-0.2, -0.15) is 0 Å². The molecule has 1 saturated heterocycles. The van der Waals surface area contributed by atoms with Crippen LogP contribution in [0.2, 0.25) is 0 Å². The molecule has 170 valence electrons. The van der Waals surface area contributed by atoms with Crippen LogP contribution in [-0.4, -0.2) is 70.0 Å². The van der Waals surface area contributed by atoms with Gasteiger partial charge < -0.3 is 44.2 Å². The Bertz CT molecular complexity index is 1160. The molecule has 0 unspecified atom stereocenters. The molecule has 4 rings (SSSR count). The van der Waals surface area contributed by atoms with Crippen molar-refractivity contribution in [3.8, 4) is 28.6 Å². The fourth-order valence-corrected chi connectivity index (χ4v) is 3.58. The zero-order valence-corrected chi connectivity index (χ0v) is 16.9. The number of hydrogen-bond acceptors (Lipinski definition) is 10. The first-order valence-corrected chi connectivity index (χ1v) is 9.76. The fraction of sp³-hybridized carbons (Fsp3) is 0.318. The summed E-state index contributed by atoms with van der Waals surface area (Å²) in [6.45, 7) is -0.639. The molecule has 2 heterocycles. The van der Waals surface area contributed by atoms with Crippen molar-refractivity contribution in [2.75, 3.05) is 13.7 Å². The Kier molecular flexibility index (Phi) is 6.04. The number of aliphatic hydroxyl groups is 4. The Morgan fingerprint density at radius 1 is 1.03 bits per heavy atom. The number of methoxy groups -OCH3 is 1. The highest BCUT2D eigenvalue weighted by atomic mass is 16.7. The minimum atomic E-state index is -1.68. The van der Waals surface area contributed by atoms with E-state index in [0.717, 1.165) is 0 Å². The monoisotopic (exact) mass is 446 g/mol. The third-order valence-electron chi connectivity index (χ3n) is 5.27. The van der Waals surface area contributed by atoms with Crippen LogP contribution in [0.25, 0.3) is 22.3 Å². The summed E-state index contributed by atoms with van der Waals surface area (Å²) >= 11 is 0. The maximum atomic E-state index is 12.7. The summed E-state index contributed by atoms with van der Waals surface area (Å²) in [5.74, 6) is -0.672. The summed E-state index contributed by atoms with van der Waals surface area (Å²) in [6, 6.07) is 11.4. The SMILES string of the molecule is COc1c(O[C@@H]2O[C@@H](CO)[C@@H](O)[C@H](O)[C@H]2O)cc2oc(-c3ccccc3)cc(=O)c2c1O. The Hall–Kier alpha value is -3.15. The van der Waals surface area contributed by atoms with E-state index in [-0.39, 0.29) is 28.2 Å². The van der Waals surface area contributed by atoms with Crippen LogP contribution in [0.1, 0.15) is 0 Å². The second-order valence-corrected chi connectivity index (χ2v) is 7.29. The second kappa shape index (κ2) is 8.77. The molecule has 3 aromatic rings. The molecule has 5 N–H and O–H groups in total. The Morgan fingerprint density at radius 2 is 1.75 bits per heavy atom. The quantitative estimate of drug-likeness (QED) is 0.370. The van der Waals surface area contributed by atoms with Crippen molar-refractivity contribution in [2.24, 2.45) is 0 Å². The average molecular weight is 446 g/mol. The lowest BCUT2D eigenvalue weighted by Gasteiger charge is -2.39. The fourth-order valence-electron chi connectivity index (χ4n) is 3.58. The van der Waals surface area contributed by atoms with Crippen LogP contribution in [0.3, 0.4) is 0 Å². The molecule has 0 spiro atoms. The average Bonchev–Trinajstić information content (AvgIpc) is 2.79. The van der Waals surface area contributed by atoms with E-state index in [1.165, 1.54) is 19.2 Å². The summed E-state index contributed by atoms with van der Waals surface area (Å²) in [5.41, 5.74) is 0.104. The standard InChI is InChI=1S/C22H22O10/c1-29-21-14(31-22-20(28)19(27)17(25)15(9-23)32-22)8-13-16(18(21)26)11(24)7-12(30-13)10-5-3-2-4-6-10/h2-8,15,17,19-20,22-23,25-28H,9H2,1H3/t15-,17+,19-,20+,22+/m0/s1. The minimum Gasteiger partial charge on any atom is -0.504 e. The van der Waals surface area contributed by atoms with E-state index in [0.29, 0.717) is 5.56 Å². The Morgan fingerprint density at radius 3 is 2.41 bits per heavy atom. The third-order valence-corrected chi connectivity index (χ3v) is 5.27. The summed E-state index contributed by atoms with van der Waals surface area (Å²) < 4.78 is 22.0. The predicted octanol–water partition coefficient (Wildman–Crippen LogP) is 0.353. The number of hydrogen-bond donors (Lipinski definition) is 5. The smallest absolute Gasteiger partial charge is 0.229 e. The minimum absolute atomic E-state index is 0.0192. The van der Waals surface area contributed by atoms with E-state index in [2.05, 4.69) is 0 Å². The van der Waals surface area contributed by atoms with Crippen LogP contribution >= 0.6 is 0 Å². The van der Waals surface area contributed by atoms with E-state index in [1.54, 1.807) is 24.3 Å². The summed E-state index contributed by atoms with van der Waals surface area (Å²) in [6.07, 6.45) is -7.62. The number of benzene rings is 2. The molecule has 10 nitrogen and oxygen atoms in total. The number of fused-ring (bicyclic) bond motifs is 1. The van der Waals surface area contributed by atoms with E-state index in [9.17, 15) is 30.3 Å². The molecule has 32 heavy (non-hydrogen) atoms. The molecule has 1 aliphatic rings. The van der Waals surface area contributed by atoms with Crippen LogP contribution in [0.5, 0.6) is 17.2 Å². The van der Waals surface area contributed by atoms with Gasteiger partial charge in [0.2, 0.25) is 12.0 Å². The largest absolute Gasteiger partial charge is 0.504 e. The molecule has 1 aromatic heterocycles. The van der Waals surface area contributed by atoms with E-state index < -0.39 is 48.5 Å². The summed E-state index contributed by atoms with van der Waals surface area (Å²) in [7, 11) is 1.24. The molecule has 5 atom stereocenters. The van der Waals surface area contributed by atoms with Gasteiger partial charge in [-0.1, -0.05) is 30.3 Å². The molecule has 0 amide bonds. The van der Waals surface area contributed by atoms with Gasteiger partial charge in [-0.25, -0.2) is 0 Å². The van der Waals surface area contributed by atoms with Crippen molar-refractivity contribution >= 4 is 11.0 Å². The lowest BCUT2D eigenvalue weighted by Crippen LogP contribution is -2.60. The summed E-state index contributed by atoms with van der Waals surface area (Å²) in [5, 5.41) is 50.0. The zero-order chi connectivity index (χ0) is 23.0. The zero-order valence-electron chi connectivity index (χ0n) is 16.9. The van der Waals surface area contributed by atoms with Gasteiger partial charge in [-0.05, 0) is 0 Å². The molecule has 0 radical (unpaired) electrons. The van der Waals surface area contributed by atoms with Gasteiger partial charge in [-0.15, -0.1) is 0 Å². The Labute approximate surface area is 181 Å². The van der Waals surface area contributed by atoms with Gasteiger partial charge in [0.15, 0.2) is 16.9 Å². The highest BCUT2D eigenvalue weighted by Crippen LogP contribution is 2.43. The predicted molar refractivity (Wildman–Crippen MR) is 111 cm³/mol. The van der Waals surface area contributed by atoms with Gasteiger partial charge in [-0.3, -0.25) is 4.79 Å². The van der Waals surface area contributed by atoms with E-state index in [4.69, 9.17) is 18.6 Å². The molecule has 1 aliphatic heterocycles. The first kappa shape index (κ1) is 22.1. The summed E-state index contributed by atoms with van der Waals surface area (Å²) in [4.78, 5) is 12.7. The van der Waals surface area contributed by atoms with Crippen molar-refractivity contribution in [2.45, 2.75) is 30.7 Å². The molecule has 2 aromatic carbocycles. The number of aliphatic hydroxyl groups excluding tert-OH is 4. The van der Waals surface area contributed by atoms with Crippen LogP contribution in [0, 0.1) is 0 Å². The lowest BCUT2D eigenvalue weighted by molar-refractivity contribution is -0.277. The maximum Gasteiger partial charge on any atom is 0.229 e. The van der Waals surface area contributed by atoms with Crippen LogP contribution in [-0.2, 0) is 4.74 Å². The lowest BCUT2D eigenvalue weighted by atomic mass is 9.99. The number of rotatable bonds is 5. The number of phenolic OH excluding ortho intramolecular Hbond substituents is 1. The van der Waals surface area contributed by atoms with Crippen molar-refractivity contribution in [3.63, 3.8) is 0 Å². The normalized spacial score (nSPS) is 25.6. The van der Waals surface area contributed by atoms with Crippen molar-refractivity contribution in [1.82, 2.24) is 0 Å². The van der Waals surface area contributed by atoms with Crippen molar-refractivity contribution in [3.05, 3.63) is 52.7 Å². The van der Waals surface area contributed by atoms with E-state index >= 15 is 0 Å². The second-order valence-electron chi connectivity index (χ2n) is 7.29. The Balaban J connectivity index is 1.79. The topological polar surface area (TPSA) is 159 Å². The van der Waals surface area contributed by atoms with Gasteiger partial charge in [0.1, 0.15) is 41.1 Å². The number of phenols is 1. The van der Waals surface area contributed by atoms with Crippen LogP contribution in [0.15, 0.2) is 51.7 Å². The molecular formula is C22H22O10. The molecule has 1 fully saturated rings. The molecule has 0 saturated carbocycles.